The molecule has 1 aromatic rings. The van der Waals surface area contributed by atoms with E-state index in [-0.39, 0.29) is 10.9 Å². The summed E-state index contributed by atoms with van der Waals surface area (Å²) < 4.78 is 27.1. The van der Waals surface area contributed by atoms with Gasteiger partial charge in [0.25, 0.3) is 0 Å². The van der Waals surface area contributed by atoms with Gasteiger partial charge < -0.3 is 5.73 Å². The lowest BCUT2D eigenvalue weighted by molar-refractivity contribution is 0.403. The van der Waals surface area contributed by atoms with Gasteiger partial charge in [-0.3, -0.25) is 0 Å². The molecule has 0 radical (unpaired) electrons. The Morgan fingerprint density at radius 2 is 1.84 bits per heavy atom. The van der Waals surface area contributed by atoms with Crippen molar-refractivity contribution in [3.8, 4) is 0 Å². The van der Waals surface area contributed by atoms with Crippen LogP contribution in [0.4, 0.5) is 5.69 Å². The third kappa shape index (κ3) is 2.77. The first-order valence-electron chi connectivity index (χ1n) is 6.76. The van der Waals surface area contributed by atoms with Crippen LogP contribution in [0, 0.1) is 13.8 Å². The Morgan fingerprint density at radius 3 is 2.37 bits per heavy atom. The van der Waals surface area contributed by atoms with Crippen molar-refractivity contribution < 1.29 is 8.42 Å². The Morgan fingerprint density at radius 1 is 1.26 bits per heavy atom. The van der Waals surface area contributed by atoms with Gasteiger partial charge in [-0.15, -0.1) is 0 Å². The maximum absolute atomic E-state index is 12.7. The minimum absolute atomic E-state index is 0.172. The number of nitrogens with zero attached hydrogens (tertiary/aromatic N) is 1. The fraction of sp³-hybridized carbons (Fsp3) is 0.571. The Kier molecular flexibility index (Phi) is 3.87. The molecule has 0 bridgehead atoms. The molecule has 0 aliphatic heterocycles. The fourth-order valence-electron chi connectivity index (χ4n) is 2.24. The van der Waals surface area contributed by atoms with Crippen molar-refractivity contribution in [1.82, 2.24) is 4.31 Å². The van der Waals surface area contributed by atoms with E-state index in [2.05, 4.69) is 0 Å². The number of nitrogens with two attached hydrogens (primary N) is 1. The van der Waals surface area contributed by atoms with Gasteiger partial charge in [-0.2, -0.15) is 4.31 Å². The molecule has 106 valence electrons. The first-order valence-corrected chi connectivity index (χ1v) is 8.20. The highest BCUT2D eigenvalue weighted by Crippen LogP contribution is 2.34. The quantitative estimate of drug-likeness (QED) is 0.844. The maximum Gasteiger partial charge on any atom is 0.245 e. The molecule has 0 unspecified atom stereocenters. The number of nitrogen functional groups attached to an aromatic ring is 1. The lowest BCUT2D eigenvalue weighted by Gasteiger charge is -2.22. The third-order valence-electron chi connectivity index (χ3n) is 3.61. The monoisotopic (exact) mass is 282 g/mol. The molecule has 1 aliphatic rings. The smallest absolute Gasteiger partial charge is 0.245 e. The summed E-state index contributed by atoms with van der Waals surface area (Å²) in [7, 11) is -3.46. The van der Waals surface area contributed by atoms with E-state index in [0.29, 0.717) is 12.2 Å². The zero-order valence-electron chi connectivity index (χ0n) is 11.8. The first kappa shape index (κ1) is 14.3. The summed E-state index contributed by atoms with van der Waals surface area (Å²) in [5.41, 5.74) is 8.25. The number of aryl methyl sites for hydroxylation is 2. The fourth-order valence-corrected chi connectivity index (χ4v) is 4.21. The van der Waals surface area contributed by atoms with Gasteiger partial charge in [0.15, 0.2) is 0 Å². The molecule has 0 atom stereocenters. The van der Waals surface area contributed by atoms with Crippen molar-refractivity contribution in [2.75, 3.05) is 12.3 Å². The van der Waals surface area contributed by atoms with Crippen LogP contribution in [0.3, 0.4) is 0 Å². The van der Waals surface area contributed by atoms with E-state index in [1.807, 2.05) is 20.8 Å². The summed E-state index contributed by atoms with van der Waals surface area (Å²) in [6.07, 6.45) is 2.74. The molecule has 1 aromatic carbocycles. The van der Waals surface area contributed by atoms with Crippen LogP contribution in [-0.4, -0.2) is 25.3 Å². The van der Waals surface area contributed by atoms with Crippen LogP contribution < -0.4 is 5.73 Å². The summed E-state index contributed by atoms with van der Waals surface area (Å²) in [6, 6.07) is 3.62. The van der Waals surface area contributed by atoms with E-state index in [4.69, 9.17) is 5.73 Å². The molecule has 4 nitrogen and oxygen atoms in total. The maximum atomic E-state index is 12.7. The van der Waals surface area contributed by atoms with Crippen LogP contribution in [0.15, 0.2) is 17.0 Å². The Hall–Kier alpha value is -1.07. The number of anilines is 1. The Labute approximate surface area is 115 Å². The van der Waals surface area contributed by atoms with E-state index >= 15 is 0 Å². The van der Waals surface area contributed by atoms with Crippen molar-refractivity contribution in [3.05, 3.63) is 23.3 Å². The molecule has 1 aliphatic carbocycles. The highest BCUT2D eigenvalue weighted by atomic mass is 32.2. The molecule has 0 heterocycles. The number of rotatable bonds is 5. The van der Waals surface area contributed by atoms with E-state index in [0.717, 1.165) is 30.4 Å². The summed E-state index contributed by atoms with van der Waals surface area (Å²) in [5, 5.41) is 0. The molecule has 1 fully saturated rings. The Balaban J connectivity index is 2.46. The van der Waals surface area contributed by atoms with Crippen molar-refractivity contribution >= 4 is 15.7 Å². The lowest BCUT2D eigenvalue weighted by atomic mass is 10.1. The average molecular weight is 282 g/mol. The van der Waals surface area contributed by atoms with E-state index in [1.54, 1.807) is 16.4 Å². The third-order valence-corrected chi connectivity index (χ3v) is 5.62. The van der Waals surface area contributed by atoms with Crippen molar-refractivity contribution in [3.63, 3.8) is 0 Å². The molecule has 5 heteroatoms. The van der Waals surface area contributed by atoms with E-state index in [9.17, 15) is 8.42 Å². The summed E-state index contributed by atoms with van der Waals surface area (Å²) in [5.74, 6) is 0. The predicted octanol–water partition coefficient (Wildman–Crippen LogP) is 2.45. The van der Waals surface area contributed by atoms with Gasteiger partial charge in [-0.05, 0) is 56.4 Å². The zero-order chi connectivity index (χ0) is 14.2. The Bertz CT molecular complexity index is 577. The molecule has 0 saturated heterocycles. The van der Waals surface area contributed by atoms with Crippen LogP contribution >= 0.6 is 0 Å². The van der Waals surface area contributed by atoms with Gasteiger partial charge >= 0.3 is 0 Å². The standard InChI is InChI=1S/C14H22N2O2S/c1-4-7-16(12-5-6-12)19(17,18)14-9-11(3)10(2)8-13(14)15/h8-9,12H,4-7,15H2,1-3H3. The molecule has 2 N–H and O–H groups in total. The molecular weight excluding hydrogens is 260 g/mol. The largest absolute Gasteiger partial charge is 0.398 e. The van der Waals surface area contributed by atoms with E-state index in [1.165, 1.54) is 0 Å². The van der Waals surface area contributed by atoms with Crippen molar-refractivity contribution in [2.45, 2.75) is 51.0 Å². The lowest BCUT2D eigenvalue weighted by Crippen LogP contribution is -2.34. The van der Waals surface area contributed by atoms with Crippen molar-refractivity contribution in [1.29, 1.82) is 0 Å². The normalized spacial score (nSPS) is 16.0. The number of benzene rings is 1. The van der Waals surface area contributed by atoms with E-state index < -0.39 is 10.0 Å². The number of hydrogen-bond donors (Lipinski definition) is 1. The minimum atomic E-state index is -3.46. The first-order chi connectivity index (χ1) is 8.87. The number of sulfonamides is 1. The van der Waals surface area contributed by atoms with Crippen LogP contribution in [0.1, 0.15) is 37.3 Å². The molecule has 0 aromatic heterocycles. The molecule has 0 spiro atoms. The second-order valence-electron chi connectivity index (χ2n) is 5.32. The summed E-state index contributed by atoms with van der Waals surface area (Å²) in [6.45, 7) is 6.41. The molecule has 0 amide bonds. The highest BCUT2D eigenvalue weighted by molar-refractivity contribution is 7.89. The SMILES string of the molecule is CCCN(C1CC1)S(=O)(=O)c1cc(C)c(C)cc1N. The van der Waals surface area contributed by atoms with Gasteiger partial charge in [0, 0.05) is 12.6 Å². The van der Waals surface area contributed by atoms with Gasteiger partial charge in [-0.25, -0.2) is 8.42 Å². The van der Waals surface area contributed by atoms with Crippen LogP contribution in [0.2, 0.25) is 0 Å². The summed E-state index contributed by atoms with van der Waals surface area (Å²) >= 11 is 0. The topological polar surface area (TPSA) is 63.4 Å². The molecule has 2 rings (SSSR count). The second kappa shape index (κ2) is 5.13. The highest BCUT2D eigenvalue weighted by Gasteiger charge is 2.38. The second-order valence-corrected chi connectivity index (χ2v) is 7.18. The molecule has 1 saturated carbocycles. The van der Waals surface area contributed by atoms with Gasteiger partial charge in [0.05, 0.1) is 5.69 Å². The molecular formula is C14H22N2O2S. The van der Waals surface area contributed by atoms with Gasteiger partial charge in [-0.1, -0.05) is 6.92 Å². The van der Waals surface area contributed by atoms with Gasteiger partial charge in [0.2, 0.25) is 10.0 Å². The minimum Gasteiger partial charge on any atom is -0.398 e. The van der Waals surface area contributed by atoms with Gasteiger partial charge in [0.1, 0.15) is 4.90 Å². The van der Waals surface area contributed by atoms with Crippen LogP contribution in [0.25, 0.3) is 0 Å². The zero-order valence-corrected chi connectivity index (χ0v) is 12.6. The van der Waals surface area contributed by atoms with Crippen LogP contribution in [-0.2, 0) is 10.0 Å². The molecule has 19 heavy (non-hydrogen) atoms. The summed E-state index contributed by atoms with van der Waals surface area (Å²) in [4.78, 5) is 0.260. The predicted molar refractivity (Wildman–Crippen MR) is 77.5 cm³/mol. The van der Waals surface area contributed by atoms with Crippen LogP contribution in [0.5, 0.6) is 0 Å². The van der Waals surface area contributed by atoms with Crippen molar-refractivity contribution in [2.24, 2.45) is 0 Å². The average Bonchev–Trinajstić information content (AvgIpc) is 3.14. The number of hydrogen-bond acceptors (Lipinski definition) is 3.